The predicted octanol–water partition coefficient (Wildman–Crippen LogP) is 6.13. The number of benzene rings is 2. The molecule has 0 N–H and O–H groups in total. The van der Waals surface area contributed by atoms with Crippen LogP contribution in [0.15, 0.2) is 54.6 Å². The van der Waals surface area contributed by atoms with Crippen LogP contribution in [0, 0.1) is 0 Å². The van der Waals surface area contributed by atoms with Crippen LogP contribution in [0.4, 0.5) is 0 Å². The number of methoxy groups -OCH3 is 2. The third kappa shape index (κ3) is 5.04. The summed E-state index contributed by atoms with van der Waals surface area (Å²) in [7, 11) is 3.20. The molecule has 0 heterocycles. The van der Waals surface area contributed by atoms with Crippen molar-refractivity contribution < 1.29 is 14.0 Å². The minimum absolute atomic E-state index is 0.584. The highest BCUT2D eigenvalue weighted by Gasteiger charge is 2.27. The number of halogens is 2. The highest BCUT2D eigenvalue weighted by Crippen LogP contribution is 2.68. The molecule has 0 saturated carbocycles. The van der Waals surface area contributed by atoms with Gasteiger partial charge in [-0.05, 0) is 57.9 Å². The fraction of sp³-hybridized carbons (Fsp3) is 0.176. The first-order valence-corrected chi connectivity index (χ1v) is 10.5. The van der Waals surface area contributed by atoms with Gasteiger partial charge in [0.25, 0.3) is 5.85 Å². The van der Waals surface area contributed by atoms with E-state index in [1.807, 2.05) is 30.3 Å². The van der Waals surface area contributed by atoms with E-state index in [2.05, 4.69) is 0 Å². The van der Waals surface area contributed by atoms with E-state index in [0.29, 0.717) is 5.75 Å². The number of ether oxygens (including phenoxy) is 2. The Labute approximate surface area is 145 Å². The monoisotopic (exact) mass is 370 g/mol. The van der Waals surface area contributed by atoms with Crippen molar-refractivity contribution in [1.82, 2.24) is 0 Å². The minimum atomic E-state index is -3.38. The molecule has 2 rings (SSSR count). The molecule has 6 heteroatoms. The molecule has 0 amide bonds. The van der Waals surface area contributed by atoms with Gasteiger partial charge in [-0.1, -0.05) is 36.4 Å². The van der Waals surface area contributed by atoms with Gasteiger partial charge in [0.1, 0.15) is 11.5 Å². The zero-order valence-corrected chi connectivity index (χ0v) is 15.2. The third-order valence-electron chi connectivity index (χ3n) is 3.37. The maximum absolute atomic E-state index is 12.2. The van der Waals surface area contributed by atoms with Gasteiger partial charge in [0, 0.05) is 0 Å². The molecule has 23 heavy (non-hydrogen) atoms. The van der Waals surface area contributed by atoms with Crippen LogP contribution in [0.5, 0.6) is 11.5 Å². The van der Waals surface area contributed by atoms with Gasteiger partial charge >= 0.3 is 0 Å². The van der Waals surface area contributed by atoms with E-state index in [0.717, 1.165) is 16.9 Å². The molecule has 2 aromatic carbocycles. The Balaban J connectivity index is 2.27. The standard InChI is InChI=1S/C17H17Cl2O3P/c1-21-15-8-3-13(4-9-15)5-12-17(23(18,19)20)14-6-10-16(22-2)11-7-14/h3-12,17H,1-2H3/b12-5+. The zero-order chi connectivity index (χ0) is 16.9. The van der Waals surface area contributed by atoms with Crippen molar-refractivity contribution >= 4 is 34.4 Å². The molecule has 1 atom stereocenters. The fourth-order valence-electron chi connectivity index (χ4n) is 2.10. The van der Waals surface area contributed by atoms with E-state index in [-0.39, 0.29) is 0 Å². The van der Waals surface area contributed by atoms with Crippen molar-refractivity contribution in [2.75, 3.05) is 14.2 Å². The Morgan fingerprint density at radius 3 is 1.83 bits per heavy atom. The summed E-state index contributed by atoms with van der Waals surface area (Å²) in [6.45, 7) is 0. The second-order valence-electron chi connectivity index (χ2n) is 4.85. The summed E-state index contributed by atoms with van der Waals surface area (Å²) in [5.74, 6) is -1.90. The topological polar surface area (TPSA) is 35.5 Å². The lowest BCUT2D eigenvalue weighted by Gasteiger charge is -2.15. The maximum atomic E-state index is 12.2. The summed E-state index contributed by atoms with van der Waals surface area (Å²) in [5, 5.41) is 0. The first-order valence-electron chi connectivity index (χ1n) is 6.89. The molecule has 0 aliphatic heterocycles. The number of hydrogen-bond acceptors (Lipinski definition) is 3. The average Bonchev–Trinajstić information content (AvgIpc) is 2.55. The van der Waals surface area contributed by atoms with Gasteiger partial charge in [-0.25, -0.2) is 0 Å². The van der Waals surface area contributed by atoms with Crippen molar-refractivity contribution in [3.05, 3.63) is 65.7 Å². The molecule has 2 aromatic rings. The number of allylic oxidation sites excluding steroid dienone is 1. The van der Waals surface area contributed by atoms with Crippen molar-refractivity contribution in [3.8, 4) is 11.5 Å². The summed E-state index contributed by atoms with van der Waals surface area (Å²) in [6, 6.07) is 14.7. The quantitative estimate of drug-likeness (QED) is 0.573. The largest absolute Gasteiger partial charge is 0.497 e. The second-order valence-corrected chi connectivity index (χ2v) is 9.95. The zero-order valence-electron chi connectivity index (χ0n) is 12.8. The molecule has 1 unspecified atom stereocenters. The van der Waals surface area contributed by atoms with Gasteiger partial charge in [0.15, 0.2) is 0 Å². The Kier molecular flexibility index (Phi) is 6.17. The summed E-state index contributed by atoms with van der Waals surface area (Å²) in [5.41, 5.74) is 1.12. The predicted molar refractivity (Wildman–Crippen MR) is 97.1 cm³/mol. The lowest BCUT2D eigenvalue weighted by Crippen LogP contribution is -1.92. The molecular weight excluding hydrogens is 354 g/mol. The first kappa shape index (κ1) is 17.9. The Morgan fingerprint density at radius 2 is 1.39 bits per heavy atom. The van der Waals surface area contributed by atoms with Crippen molar-refractivity contribution in [2.24, 2.45) is 0 Å². The minimum Gasteiger partial charge on any atom is -0.497 e. The molecule has 122 valence electrons. The molecule has 3 nitrogen and oxygen atoms in total. The Bertz CT molecular complexity index is 706. The van der Waals surface area contributed by atoms with Crippen molar-refractivity contribution in [1.29, 1.82) is 0 Å². The molecule has 0 radical (unpaired) electrons. The lowest BCUT2D eigenvalue weighted by molar-refractivity contribution is 0.414. The smallest absolute Gasteiger partial charge is 0.264 e. The van der Waals surface area contributed by atoms with Gasteiger partial charge in [0.2, 0.25) is 0 Å². The van der Waals surface area contributed by atoms with Crippen LogP contribution in [0.25, 0.3) is 6.08 Å². The number of rotatable bonds is 6. The second kappa shape index (κ2) is 7.92. The first-order chi connectivity index (χ1) is 10.9. The molecule has 0 aliphatic carbocycles. The Morgan fingerprint density at radius 1 is 0.913 bits per heavy atom. The highest BCUT2D eigenvalue weighted by molar-refractivity contribution is 8.08. The van der Waals surface area contributed by atoms with Crippen LogP contribution in [-0.2, 0) is 4.57 Å². The molecule has 0 aliphatic rings. The Hall–Kier alpha value is -1.41. The number of hydrogen-bond donors (Lipinski definition) is 0. The van der Waals surface area contributed by atoms with Gasteiger partial charge in [-0.15, -0.1) is 0 Å². The normalized spacial score (nSPS) is 13.0. The highest BCUT2D eigenvalue weighted by atomic mass is 35.9. The van der Waals surface area contributed by atoms with E-state index in [4.69, 9.17) is 32.0 Å². The van der Waals surface area contributed by atoms with E-state index < -0.39 is 11.5 Å². The van der Waals surface area contributed by atoms with Gasteiger partial charge in [-0.2, -0.15) is 0 Å². The summed E-state index contributed by atoms with van der Waals surface area (Å²) >= 11 is 11.9. The summed E-state index contributed by atoms with van der Waals surface area (Å²) in [4.78, 5) is 0. The van der Waals surface area contributed by atoms with Gasteiger partial charge in [0.05, 0.1) is 19.9 Å². The SMILES string of the molecule is COc1ccc(/C=C/C(c2ccc(OC)cc2)P(=O)(Cl)Cl)cc1. The van der Waals surface area contributed by atoms with Gasteiger partial charge < -0.3 is 9.47 Å². The van der Waals surface area contributed by atoms with Crippen LogP contribution in [0.2, 0.25) is 0 Å². The molecular formula is C17H17Cl2O3P. The molecule has 0 aromatic heterocycles. The van der Waals surface area contributed by atoms with Crippen LogP contribution >= 0.6 is 28.3 Å². The van der Waals surface area contributed by atoms with Crippen molar-refractivity contribution in [3.63, 3.8) is 0 Å². The molecule has 0 saturated heterocycles. The van der Waals surface area contributed by atoms with E-state index >= 15 is 0 Å². The van der Waals surface area contributed by atoms with Gasteiger partial charge in [-0.3, -0.25) is 4.57 Å². The van der Waals surface area contributed by atoms with E-state index in [1.54, 1.807) is 44.6 Å². The molecule has 0 fully saturated rings. The fourth-order valence-corrected chi connectivity index (χ4v) is 3.98. The summed E-state index contributed by atoms with van der Waals surface area (Å²) in [6.07, 6.45) is 3.59. The molecule has 0 spiro atoms. The van der Waals surface area contributed by atoms with E-state index in [1.165, 1.54) is 0 Å². The lowest BCUT2D eigenvalue weighted by atomic mass is 10.1. The van der Waals surface area contributed by atoms with Crippen LogP contribution in [-0.4, -0.2) is 14.2 Å². The van der Waals surface area contributed by atoms with Crippen LogP contribution < -0.4 is 9.47 Å². The average molecular weight is 371 g/mol. The summed E-state index contributed by atoms with van der Waals surface area (Å²) < 4.78 is 22.5. The molecule has 0 bridgehead atoms. The van der Waals surface area contributed by atoms with E-state index in [9.17, 15) is 4.57 Å². The van der Waals surface area contributed by atoms with Crippen LogP contribution in [0.3, 0.4) is 0 Å². The van der Waals surface area contributed by atoms with Crippen LogP contribution in [0.1, 0.15) is 16.8 Å². The van der Waals surface area contributed by atoms with Crippen molar-refractivity contribution in [2.45, 2.75) is 5.66 Å². The third-order valence-corrected chi connectivity index (χ3v) is 5.75. The maximum Gasteiger partial charge on any atom is 0.264 e.